The third-order valence-electron chi connectivity index (χ3n) is 2.58. The predicted molar refractivity (Wildman–Crippen MR) is 66.8 cm³/mol. The molecule has 0 bridgehead atoms. The van der Waals surface area contributed by atoms with Crippen LogP contribution in [0.4, 0.5) is 0 Å². The molecule has 0 amide bonds. The van der Waals surface area contributed by atoms with E-state index in [4.69, 9.17) is 16.3 Å². The quantitative estimate of drug-likeness (QED) is 0.583. The Kier molecular flexibility index (Phi) is 10.8. The van der Waals surface area contributed by atoms with Crippen LogP contribution in [0.5, 0.6) is 0 Å². The molecule has 1 atom stereocenters. The number of ether oxygens (including phenoxy) is 1. The standard InChI is InChI=1S/C11H25ClN2O/c1-4-14(5-2)9-8-13-11(6-7-12)10-15-3/h11,13H,4-10H2,1-3H3. The lowest BCUT2D eigenvalue weighted by molar-refractivity contribution is 0.162. The fraction of sp³-hybridized carbons (Fsp3) is 1.00. The molecule has 92 valence electrons. The van der Waals surface area contributed by atoms with Crippen LogP contribution in [-0.2, 0) is 4.74 Å². The summed E-state index contributed by atoms with van der Waals surface area (Å²) in [6, 6.07) is 0.392. The van der Waals surface area contributed by atoms with Crippen molar-refractivity contribution in [3.8, 4) is 0 Å². The zero-order valence-electron chi connectivity index (χ0n) is 10.3. The monoisotopic (exact) mass is 236 g/mol. The zero-order valence-corrected chi connectivity index (χ0v) is 11.0. The van der Waals surface area contributed by atoms with Gasteiger partial charge >= 0.3 is 0 Å². The molecule has 0 aromatic heterocycles. The van der Waals surface area contributed by atoms with Crippen molar-refractivity contribution >= 4 is 11.6 Å². The summed E-state index contributed by atoms with van der Waals surface area (Å²) in [6.45, 7) is 9.45. The van der Waals surface area contributed by atoms with Crippen molar-refractivity contribution in [1.29, 1.82) is 0 Å². The van der Waals surface area contributed by atoms with E-state index < -0.39 is 0 Å². The number of hydrogen-bond donors (Lipinski definition) is 1. The first-order valence-corrected chi connectivity index (χ1v) is 6.32. The van der Waals surface area contributed by atoms with Crippen LogP contribution in [0.2, 0.25) is 0 Å². The first kappa shape index (κ1) is 15.2. The molecule has 4 heteroatoms. The van der Waals surface area contributed by atoms with Crippen LogP contribution >= 0.6 is 11.6 Å². The van der Waals surface area contributed by atoms with Crippen molar-refractivity contribution in [3.63, 3.8) is 0 Å². The summed E-state index contributed by atoms with van der Waals surface area (Å²) in [4.78, 5) is 2.40. The first-order chi connectivity index (χ1) is 7.28. The van der Waals surface area contributed by atoms with E-state index in [2.05, 4.69) is 24.1 Å². The minimum absolute atomic E-state index is 0.392. The summed E-state index contributed by atoms with van der Waals surface area (Å²) < 4.78 is 5.13. The fourth-order valence-corrected chi connectivity index (χ4v) is 1.81. The second kappa shape index (κ2) is 10.7. The number of likely N-dealkylation sites (N-methyl/N-ethyl adjacent to an activating group) is 1. The van der Waals surface area contributed by atoms with Crippen LogP contribution in [-0.4, -0.2) is 56.7 Å². The average molecular weight is 237 g/mol. The van der Waals surface area contributed by atoms with Gasteiger partial charge in [-0.2, -0.15) is 0 Å². The highest BCUT2D eigenvalue weighted by Gasteiger charge is 2.07. The van der Waals surface area contributed by atoms with E-state index in [1.54, 1.807) is 7.11 Å². The molecule has 0 saturated carbocycles. The maximum atomic E-state index is 5.72. The number of nitrogens with zero attached hydrogens (tertiary/aromatic N) is 1. The van der Waals surface area contributed by atoms with Gasteiger partial charge in [0.05, 0.1) is 6.61 Å². The van der Waals surface area contributed by atoms with Crippen LogP contribution < -0.4 is 5.32 Å². The van der Waals surface area contributed by atoms with Gasteiger partial charge in [0.15, 0.2) is 0 Å². The Hall–Kier alpha value is 0.170. The average Bonchev–Trinajstić information content (AvgIpc) is 2.25. The van der Waals surface area contributed by atoms with Crippen molar-refractivity contribution in [2.24, 2.45) is 0 Å². The molecule has 0 heterocycles. The van der Waals surface area contributed by atoms with Crippen LogP contribution in [0, 0.1) is 0 Å². The third kappa shape index (κ3) is 8.03. The second-order valence-electron chi connectivity index (χ2n) is 3.61. The van der Waals surface area contributed by atoms with Crippen LogP contribution in [0.25, 0.3) is 0 Å². The van der Waals surface area contributed by atoms with Gasteiger partial charge in [0, 0.05) is 32.1 Å². The number of rotatable bonds is 10. The first-order valence-electron chi connectivity index (χ1n) is 5.79. The third-order valence-corrected chi connectivity index (χ3v) is 2.80. The van der Waals surface area contributed by atoms with Gasteiger partial charge in [-0.1, -0.05) is 13.8 Å². The Morgan fingerprint density at radius 1 is 1.33 bits per heavy atom. The molecule has 3 nitrogen and oxygen atoms in total. The van der Waals surface area contributed by atoms with Gasteiger partial charge in [0.2, 0.25) is 0 Å². The van der Waals surface area contributed by atoms with E-state index in [0.29, 0.717) is 11.9 Å². The number of hydrogen-bond acceptors (Lipinski definition) is 3. The lowest BCUT2D eigenvalue weighted by Gasteiger charge is -2.21. The van der Waals surface area contributed by atoms with E-state index in [1.165, 1.54) is 0 Å². The molecule has 1 N–H and O–H groups in total. The highest BCUT2D eigenvalue weighted by molar-refractivity contribution is 6.17. The lowest BCUT2D eigenvalue weighted by Crippen LogP contribution is -2.39. The summed E-state index contributed by atoms with van der Waals surface area (Å²) in [5, 5.41) is 3.47. The van der Waals surface area contributed by atoms with Crippen molar-refractivity contribution in [3.05, 3.63) is 0 Å². The van der Waals surface area contributed by atoms with Crippen LogP contribution in [0.1, 0.15) is 20.3 Å². The molecule has 0 fully saturated rings. The van der Waals surface area contributed by atoms with Gasteiger partial charge in [0.25, 0.3) is 0 Å². The Labute approximate surface area is 99.1 Å². The minimum Gasteiger partial charge on any atom is -0.383 e. The Morgan fingerprint density at radius 2 is 2.00 bits per heavy atom. The summed E-state index contributed by atoms with van der Waals surface area (Å²) in [6.07, 6.45) is 0.966. The molecular formula is C11H25ClN2O. The lowest BCUT2D eigenvalue weighted by atomic mass is 10.2. The summed E-state index contributed by atoms with van der Waals surface area (Å²) in [7, 11) is 1.73. The molecular weight excluding hydrogens is 212 g/mol. The smallest absolute Gasteiger partial charge is 0.0616 e. The molecule has 0 aromatic carbocycles. The molecule has 0 aliphatic heterocycles. The van der Waals surface area contributed by atoms with Gasteiger partial charge in [0.1, 0.15) is 0 Å². The SMILES string of the molecule is CCN(CC)CCNC(CCCl)COC. The van der Waals surface area contributed by atoms with Crippen LogP contribution in [0.3, 0.4) is 0 Å². The van der Waals surface area contributed by atoms with Gasteiger partial charge in [-0.3, -0.25) is 0 Å². The Morgan fingerprint density at radius 3 is 2.47 bits per heavy atom. The molecule has 0 aliphatic carbocycles. The molecule has 0 aliphatic rings. The highest BCUT2D eigenvalue weighted by atomic mass is 35.5. The second-order valence-corrected chi connectivity index (χ2v) is 3.99. The molecule has 0 rings (SSSR count). The van der Waals surface area contributed by atoms with Gasteiger partial charge in [-0.15, -0.1) is 11.6 Å². The maximum Gasteiger partial charge on any atom is 0.0616 e. The van der Waals surface area contributed by atoms with Gasteiger partial charge in [-0.25, -0.2) is 0 Å². The summed E-state index contributed by atoms with van der Waals surface area (Å²) >= 11 is 5.72. The highest BCUT2D eigenvalue weighted by Crippen LogP contribution is 1.95. The summed E-state index contributed by atoms with van der Waals surface area (Å²) in [5.74, 6) is 0.687. The molecule has 0 saturated heterocycles. The number of alkyl halides is 1. The van der Waals surface area contributed by atoms with Crippen molar-refractivity contribution in [2.75, 3.05) is 45.8 Å². The zero-order chi connectivity index (χ0) is 11.5. The van der Waals surface area contributed by atoms with E-state index >= 15 is 0 Å². The maximum absolute atomic E-state index is 5.72. The Bertz CT molecular complexity index is 126. The fourth-order valence-electron chi connectivity index (χ4n) is 1.54. The van der Waals surface area contributed by atoms with Gasteiger partial charge < -0.3 is 15.0 Å². The largest absolute Gasteiger partial charge is 0.383 e. The molecule has 1 unspecified atom stereocenters. The molecule has 0 radical (unpaired) electrons. The minimum atomic E-state index is 0.392. The van der Waals surface area contributed by atoms with E-state index in [0.717, 1.165) is 39.2 Å². The number of halogens is 1. The van der Waals surface area contributed by atoms with Crippen LogP contribution in [0.15, 0.2) is 0 Å². The van der Waals surface area contributed by atoms with E-state index in [1.807, 2.05) is 0 Å². The molecule has 15 heavy (non-hydrogen) atoms. The molecule has 0 spiro atoms. The van der Waals surface area contributed by atoms with Gasteiger partial charge in [-0.05, 0) is 19.5 Å². The molecule has 0 aromatic rings. The van der Waals surface area contributed by atoms with E-state index in [9.17, 15) is 0 Å². The van der Waals surface area contributed by atoms with Crippen molar-refractivity contribution in [2.45, 2.75) is 26.3 Å². The number of nitrogens with one attached hydrogen (secondary N) is 1. The van der Waals surface area contributed by atoms with E-state index in [-0.39, 0.29) is 0 Å². The number of methoxy groups -OCH3 is 1. The summed E-state index contributed by atoms with van der Waals surface area (Å²) in [5.41, 5.74) is 0. The van der Waals surface area contributed by atoms with Crippen molar-refractivity contribution in [1.82, 2.24) is 10.2 Å². The Balaban J connectivity index is 3.59. The normalized spacial score (nSPS) is 13.4. The predicted octanol–water partition coefficient (Wildman–Crippen LogP) is 1.56. The van der Waals surface area contributed by atoms with Crippen molar-refractivity contribution < 1.29 is 4.74 Å². The topological polar surface area (TPSA) is 24.5 Å².